The molecule has 0 aliphatic carbocycles. The van der Waals surface area contributed by atoms with Crippen LogP contribution in [0.1, 0.15) is 37.6 Å². The molecular weight excluding hydrogens is 421 g/mol. The smallest absolute Gasteiger partial charge is 0.340 e. The molecule has 0 saturated heterocycles. The van der Waals surface area contributed by atoms with Crippen molar-refractivity contribution < 1.29 is 23.1 Å². The summed E-state index contributed by atoms with van der Waals surface area (Å²) in [6.07, 6.45) is 0. The Morgan fingerprint density at radius 3 is 2.52 bits per heavy atom. The Bertz CT molecular complexity index is 1180. The van der Waals surface area contributed by atoms with Crippen LogP contribution >= 0.6 is 7.60 Å². The molecule has 2 unspecified atom stereocenters. The van der Waals surface area contributed by atoms with Gasteiger partial charge < -0.3 is 13.8 Å². The molecule has 3 rings (SSSR count). The topological polar surface area (TPSA) is 129 Å². The normalized spacial score (nSPS) is 13.8. The lowest BCUT2D eigenvalue weighted by Crippen LogP contribution is -2.25. The van der Waals surface area contributed by atoms with Crippen LogP contribution in [0.5, 0.6) is 0 Å². The molecule has 0 amide bonds. The Morgan fingerprint density at radius 1 is 1.19 bits per heavy atom. The standard InChI is InChI=1S/C20H24N5O5P/c1-5-28-20(26)16(12-21)18(31(27,29-6-2)30-7-3)15-11-14-10-13(4)8-9-17(14)25-19(15)22-23-24-25/h8-11,16,18H,5-7H2,1-4H3. The number of pyridine rings is 1. The lowest BCUT2D eigenvalue weighted by Gasteiger charge is -2.29. The molecule has 2 heterocycles. The molecule has 164 valence electrons. The van der Waals surface area contributed by atoms with Crippen molar-refractivity contribution in [2.24, 2.45) is 5.92 Å². The molecule has 0 saturated carbocycles. The maximum atomic E-state index is 13.9. The minimum absolute atomic E-state index is 0.0582. The third-order valence-electron chi connectivity index (χ3n) is 4.72. The van der Waals surface area contributed by atoms with E-state index in [0.717, 1.165) is 16.5 Å². The monoisotopic (exact) mass is 445 g/mol. The summed E-state index contributed by atoms with van der Waals surface area (Å²) in [5.41, 5.74) is 0.996. The highest BCUT2D eigenvalue weighted by atomic mass is 31.2. The van der Waals surface area contributed by atoms with E-state index in [2.05, 4.69) is 15.5 Å². The number of hydrogen-bond donors (Lipinski definition) is 0. The van der Waals surface area contributed by atoms with Gasteiger partial charge in [-0.2, -0.15) is 9.78 Å². The van der Waals surface area contributed by atoms with E-state index in [1.807, 2.05) is 31.2 Å². The van der Waals surface area contributed by atoms with Gasteiger partial charge in [-0.3, -0.25) is 9.36 Å². The highest BCUT2D eigenvalue weighted by molar-refractivity contribution is 7.54. The Balaban J connectivity index is 2.36. The summed E-state index contributed by atoms with van der Waals surface area (Å²) in [7, 11) is -4.00. The number of benzene rings is 1. The van der Waals surface area contributed by atoms with Crippen molar-refractivity contribution in [3.8, 4) is 6.07 Å². The van der Waals surface area contributed by atoms with E-state index in [1.165, 1.54) is 4.52 Å². The predicted octanol–water partition coefficient (Wildman–Crippen LogP) is 3.60. The molecule has 3 aromatic rings. The number of carbonyl (C=O) groups is 1. The number of ether oxygens (including phenoxy) is 1. The maximum absolute atomic E-state index is 13.9. The van der Waals surface area contributed by atoms with Crippen molar-refractivity contribution in [1.82, 2.24) is 20.0 Å². The molecule has 0 radical (unpaired) electrons. The van der Waals surface area contributed by atoms with Gasteiger partial charge in [-0.05, 0) is 56.3 Å². The Kier molecular flexibility index (Phi) is 7.01. The summed E-state index contributed by atoms with van der Waals surface area (Å²) in [6.45, 7) is 7.06. The van der Waals surface area contributed by atoms with Gasteiger partial charge in [-0.15, -0.1) is 5.10 Å². The molecule has 0 N–H and O–H groups in total. The van der Waals surface area contributed by atoms with E-state index in [0.29, 0.717) is 5.56 Å². The van der Waals surface area contributed by atoms with Crippen LogP contribution in [0.4, 0.5) is 0 Å². The lowest BCUT2D eigenvalue weighted by atomic mass is 9.98. The van der Waals surface area contributed by atoms with Gasteiger partial charge in [-0.25, -0.2) is 0 Å². The van der Waals surface area contributed by atoms with Crippen LogP contribution in [0, 0.1) is 24.2 Å². The van der Waals surface area contributed by atoms with Crippen LogP contribution in [0.2, 0.25) is 0 Å². The van der Waals surface area contributed by atoms with E-state index < -0.39 is 25.1 Å². The van der Waals surface area contributed by atoms with E-state index >= 15 is 0 Å². The van der Waals surface area contributed by atoms with Crippen molar-refractivity contribution >= 4 is 30.1 Å². The average molecular weight is 445 g/mol. The highest BCUT2D eigenvalue weighted by Gasteiger charge is 2.48. The van der Waals surface area contributed by atoms with Gasteiger partial charge >= 0.3 is 13.6 Å². The zero-order chi connectivity index (χ0) is 22.6. The molecule has 0 aliphatic heterocycles. The number of aromatic nitrogens is 4. The molecule has 1 aromatic carbocycles. The quantitative estimate of drug-likeness (QED) is 0.358. The molecule has 2 atom stereocenters. The maximum Gasteiger partial charge on any atom is 0.340 e. The van der Waals surface area contributed by atoms with Crippen LogP contribution < -0.4 is 0 Å². The van der Waals surface area contributed by atoms with Crippen LogP contribution in [-0.2, 0) is 23.1 Å². The van der Waals surface area contributed by atoms with Crippen molar-refractivity contribution in [3.05, 3.63) is 35.4 Å². The minimum Gasteiger partial charge on any atom is -0.465 e. The number of rotatable bonds is 9. The lowest BCUT2D eigenvalue weighted by molar-refractivity contribution is -0.146. The molecule has 0 spiro atoms. The summed E-state index contributed by atoms with van der Waals surface area (Å²) in [5, 5.41) is 22.5. The van der Waals surface area contributed by atoms with Gasteiger partial charge in [0.1, 0.15) is 5.66 Å². The van der Waals surface area contributed by atoms with Crippen molar-refractivity contribution in [2.75, 3.05) is 19.8 Å². The zero-order valence-electron chi connectivity index (χ0n) is 17.8. The number of hydrogen-bond acceptors (Lipinski definition) is 9. The second-order valence-electron chi connectivity index (χ2n) is 6.76. The van der Waals surface area contributed by atoms with Crippen molar-refractivity contribution in [3.63, 3.8) is 0 Å². The summed E-state index contributed by atoms with van der Waals surface area (Å²) in [5.74, 6) is -2.27. The number of esters is 1. The van der Waals surface area contributed by atoms with Crippen LogP contribution in [0.15, 0.2) is 24.3 Å². The molecule has 0 bridgehead atoms. The van der Waals surface area contributed by atoms with Gasteiger partial charge in [0, 0.05) is 10.9 Å². The Morgan fingerprint density at radius 2 is 1.90 bits per heavy atom. The number of carbonyl (C=O) groups excluding carboxylic acids is 1. The molecule has 31 heavy (non-hydrogen) atoms. The van der Waals surface area contributed by atoms with Gasteiger partial charge in [0.25, 0.3) is 0 Å². The first kappa shape index (κ1) is 22.8. The van der Waals surface area contributed by atoms with Crippen molar-refractivity contribution in [1.29, 1.82) is 5.26 Å². The Labute approximate surface area is 179 Å². The second kappa shape index (κ2) is 9.52. The van der Waals surface area contributed by atoms with Crippen LogP contribution in [-0.4, -0.2) is 45.8 Å². The Hall–Kier alpha value is -2.86. The SMILES string of the molecule is CCOC(=O)C(C#N)C(c1cc2cc(C)ccc2n2nnnc12)P(=O)(OCC)OCC. The summed E-state index contributed by atoms with van der Waals surface area (Å²) < 4.78 is 31.6. The average Bonchev–Trinajstić information content (AvgIpc) is 3.21. The van der Waals surface area contributed by atoms with Crippen LogP contribution in [0.3, 0.4) is 0 Å². The fourth-order valence-corrected chi connectivity index (χ4v) is 5.74. The number of fused-ring (bicyclic) bond motifs is 3. The zero-order valence-corrected chi connectivity index (χ0v) is 18.7. The minimum atomic E-state index is -4.00. The molecule has 2 aromatic heterocycles. The van der Waals surface area contributed by atoms with Gasteiger partial charge in [0.05, 0.1) is 31.4 Å². The summed E-state index contributed by atoms with van der Waals surface area (Å²) >= 11 is 0. The molecule has 0 aliphatic rings. The fourth-order valence-electron chi connectivity index (χ4n) is 3.54. The number of aryl methyl sites for hydroxylation is 1. The first-order valence-electron chi connectivity index (χ1n) is 9.96. The van der Waals surface area contributed by atoms with Gasteiger partial charge in [-0.1, -0.05) is 11.6 Å². The number of nitrogens with zero attached hydrogens (tertiary/aromatic N) is 5. The predicted molar refractivity (Wildman–Crippen MR) is 112 cm³/mol. The van der Waals surface area contributed by atoms with E-state index in [-0.39, 0.29) is 25.5 Å². The van der Waals surface area contributed by atoms with Gasteiger partial charge in [0.15, 0.2) is 11.6 Å². The molecule has 11 heteroatoms. The molecular formula is C20H24N5O5P. The fraction of sp³-hybridized carbons (Fsp3) is 0.450. The van der Waals surface area contributed by atoms with Crippen molar-refractivity contribution in [2.45, 2.75) is 33.4 Å². The third kappa shape index (κ3) is 4.30. The van der Waals surface area contributed by atoms with Crippen LogP contribution in [0.25, 0.3) is 16.6 Å². The third-order valence-corrected chi connectivity index (χ3v) is 7.22. The first-order chi connectivity index (χ1) is 14.9. The number of nitriles is 1. The first-order valence-corrected chi connectivity index (χ1v) is 11.6. The summed E-state index contributed by atoms with van der Waals surface area (Å²) in [6, 6.07) is 9.37. The second-order valence-corrected chi connectivity index (χ2v) is 8.91. The molecule has 10 nitrogen and oxygen atoms in total. The van der Waals surface area contributed by atoms with E-state index in [4.69, 9.17) is 13.8 Å². The van der Waals surface area contributed by atoms with E-state index in [9.17, 15) is 14.6 Å². The molecule has 0 fully saturated rings. The summed E-state index contributed by atoms with van der Waals surface area (Å²) in [4.78, 5) is 12.7. The van der Waals surface area contributed by atoms with E-state index in [1.54, 1.807) is 26.8 Å². The number of tetrazole rings is 1. The highest BCUT2D eigenvalue weighted by Crippen LogP contribution is 2.64. The largest absolute Gasteiger partial charge is 0.465 e. The van der Waals surface area contributed by atoms with Gasteiger partial charge in [0.2, 0.25) is 0 Å².